The number of carboxylic acid groups (broad SMARTS) is 1. The average molecular weight is 336 g/mol. The molecule has 1 saturated heterocycles. The van der Waals surface area contributed by atoms with Gasteiger partial charge in [0.1, 0.15) is 24.8 Å². The summed E-state index contributed by atoms with van der Waals surface area (Å²) in [5, 5.41) is 10.0. The number of aliphatic carboxylic acids is 1. The van der Waals surface area contributed by atoms with Crippen molar-refractivity contribution in [3.63, 3.8) is 0 Å². The van der Waals surface area contributed by atoms with E-state index in [2.05, 4.69) is 5.92 Å². The van der Waals surface area contributed by atoms with Gasteiger partial charge in [0.05, 0.1) is 0 Å². The number of ether oxygens (including phenoxy) is 1. The maximum Gasteiger partial charge on any atom is 0.326 e. The number of morpholine rings is 1. The molecule has 0 aromatic heterocycles. The number of terminal acetylenes is 1. The number of hydrogen-bond acceptors (Lipinski definition) is 3. The van der Waals surface area contributed by atoms with Crippen LogP contribution in [0.25, 0.3) is 0 Å². The van der Waals surface area contributed by atoms with Crippen LogP contribution in [-0.4, -0.2) is 40.6 Å². The number of hydrogen-bond donors (Lipinski definition) is 1. The van der Waals surface area contributed by atoms with Gasteiger partial charge in [0.25, 0.3) is 0 Å². The van der Waals surface area contributed by atoms with Crippen molar-refractivity contribution in [2.75, 3.05) is 6.61 Å². The van der Waals surface area contributed by atoms with Crippen LogP contribution in [0, 0.1) is 12.3 Å². The van der Waals surface area contributed by atoms with Crippen molar-refractivity contribution < 1.29 is 19.4 Å². The van der Waals surface area contributed by atoms with Crippen molar-refractivity contribution in [1.29, 1.82) is 0 Å². The molecule has 1 amide bonds. The van der Waals surface area contributed by atoms with E-state index < -0.39 is 30.1 Å². The van der Waals surface area contributed by atoms with Crippen LogP contribution in [0.2, 0.25) is 5.02 Å². The Balaban J connectivity index is 2.37. The van der Waals surface area contributed by atoms with Gasteiger partial charge >= 0.3 is 5.97 Å². The average Bonchev–Trinajstić information content (AvgIpc) is 2.53. The zero-order valence-corrected chi connectivity index (χ0v) is 13.5. The highest BCUT2D eigenvalue weighted by Gasteiger charge is 2.42. The van der Waals surface area contributed by atoms with Crippen LogP contribution in [-0.2, 0) is 14.3 Å². The van der Waals surface area contributed by atoms with Gasteiger partial charge in [-0.05, 0) is 24.1 Å². The minimum Gasteiger partial charge on any atom is -0.480 e. The number of benzene rings is 1. The van der Waals surface area contributed by atoms with Crippen molar-refractivity contribution in [3.05, 3.63) is 34.9 Å². The molecule has 1 N–H and O–H groups in total. The summed E-state index contributed by atoms with van der Waals surface area (Å²) in [7, 11) is 0. The summed E-state index contributed by atoms with van der Waals surface area (Å²) in [6, 6.07) is 5.21. The number of halogens is 1. The van der Waals surface area contributed by atoms with E-state index in [-0.39, 0.29) is 6.61 Å². The fraction of sp³-hybridized carbons (Fsp3) is 0.412. The number of carboxylic acids is 1. The Kier molecular flexibility index (Phi) is 5.64. The Morgan fingerprint density at radius 2 is 2.17 bits per heavy atom. The van der Waals surface area contributed by atoms with Crippen LogP contribution in [0.5, 0.6) is 0 Å². The third kappa shape index (κ3) is 3.66. The van der Waals surface area contributed by atoms with Gasteiger partial charge in [-0.2, -0.15) is 0 Å². The van der Waals surface area contributed by atoms with Crippen LogP contribution >= 0.6 is 11.6 Å². The van der Waals surface area contributed by atoms with E-state index in [1.54, 1.807) is 24.3 Å². The first kappa shape index (κ1) is 17.3. The summed E-state index contributed by atoms with van der Waals surface area (Å²) in [6.45, 7) is 1.67. The first-order valence-electron chi connectivity index (χ1n) is 7.36. The molecule has 3 atom stereocenters. The van der Waals surface area contributed by atoms with Crippen LogP contribution < -0.4 is 0 Å². The SMILES string of the molecule is C#C[C@@H]1[C@H](c2ccc(Cl)cc2)OCC(=O)N1[C@H](CCC)C(=O)O. The van der Waals surface area contributed by atoms with E-state index in [4.69, 9.17) is 22.8 Å². The molecule has 1 aromatic carbocycles. The minimum atomic E-state index is -1.06. The van der Waals surface area contributed by atoms with Crippen LogP contribution in [0.3, 0.4) is 0 Å². The van der Waals surface area contributed by atoms with Gasteiger partial charge in [0.2, 0.25) is 5.91 Å². The maximum absolute atomic E-state index is 12.2. The van der Waals surface area contributed by atoms with Gasteiger partial charge in [-0.25, -0.2) is 4.79 Å². The lowest BCUT2D eigenvalue weighted by Gasteiger charge is -2.41. The number of rotatable bonds is 5. The van der Waals surface area contributed by atoms with Gasteiger partial charge in [-0.15, -0.1) is 6.42 Å². The van der Waals surface area contributed by atoms with Crippen molar-refractivity contribution in [1.82, 2.24) is 4.90 Å². The molecule has 5 nitrogen and oxygen atoms in total. The number of nitrogens with zero attached hydrogens (tertiary/aromatic N) is 1. The molecule has 23 heavy (non-hydrogen) atoms. The van der Waals surface area contributed by atoms with Crippen molar-refractivity contribution >= 4 is 23.5 Å². The highest BCUT2D eigenvalue weighted by Crippen LogP contribution is 2.31. The highest BCUT2D eigenvalue weighted by molar-refractivity contribution is 6.30. The molecule has 1 aromatic rings. The van der Waals surface area contributed by atoms with Crippen LogP contribution in [0.4, 0.5) is 0 Å². The summed E-state index contributed by atoms with van der Waals surface area (Å²) in [4.78, 5) is 25.1. The fourth-order valence-corrected chi connectivity index (χ4v) is 2.88. The van der Waals surface area contributed by atoms with E-state index >= 15 is 0 Å². The molecule has 2 rings (SSSR count). The van der Waals surface area contributed by atoms with Gasteiger partial charge in [0.15, 0.2) is 0 Å². The van der Waals surface area contributed by atoms with E-state index in [1.807, 2.05) is 6.92 Å². The zero-order chi connectivity index (χ0) is 17.0. The molecular formula is C17H18ClNO4. The number of carbonyl (C=O) groups is 2. The first-order chi connectivity index (χ1) is 11.0. The minimum absolute atomic E-state index is 0.195. The Hall–Kier alpha value is -2.03. The maximum atomic E-state index is 12.2. The summed E-state index contributed by atoms with van der Waals surface area (Å²) >= 11 is 5.88. The largest absolute Gasteiger partial charge is 0.480 e. The molecule has 122 valence electrons. The Morgan fingerprint density at radius 3 is 2.70 bits per heavy atom. The Morgan fingerprint density at radius 1 is 1.52 bits per heavy atom. The van der Waals surface area contributed by atoms with Gasteiger partial charge < -0.3 is 14.7 Å². The van der Waals surface area contributed by atoms with Gasteiger partial charge in [-0.1, -0.05) is 43.0 Å². The second kappa shape index (κ2) is 7.49. The topological polar surface area (TPSA) is 66.8 Å². The van der Waals surface area contributed by atoms with Crippen LogP contribution in [0.1, 0.15) is 31.4 Å². The highest BCUT2D eigenvalue weighted by atomic mass is 35.5. The molecule has 1 aliphatic heterocycles. The fourth-order valence-electron chi connectivity index (χ4n) is 2.75. The second-order valence-electron chi connectivity index (χ2n) is 5.34. The first-order valence-corrected chi connectivity index (χ1v) is 7.74. The van der Waals surface area contributed by atoms with Crippen molar-refractivity contribution in [2.45, 2.75) is 38.0 Å². The summed E-state index contributed by atoms with van der Waals surface area (Å²) in [5.41, 5.74) is 0.760. The zero-order valence-electron chi connectivity index (χ0n) is 12.7. The number of carbonyl (C=O) groups excluding carboxylic acids is 1. The van der Waals surface area contributed by atoms with E-state index in [0.29, 0.717) is 17.9 Å². The molecule has 0 unspecified atom stereocenters. The van der Waals surface area contributed by atoms with Gasteiger partial charge in [-0.3, -0.25) is 4.79 Å². The Labute approximate surface area is 140 Å². The molecule has 0 aliphatic carbocycles. The standard InChI is InChI=1S/C17H18ClNO4/c1-3-5-14(17(21)22)19-13(4-2)16(23-10-15(19)20)11-6-8-12(18)9-7-11/h2,6-9,13-14,16H,3,5,10H2,1H3,(H,21,22)/t13-,14-,16+/m1/s1. The van der Waals surface area contributed by atoms with E-state index in [9.17, 15) is 14.7 Å². The lowest BCUT2D eigenvalue weighted by molar-refractivity contribution is -0.167. The van der Waals surface area contributed by atoms with Crippen molar-refractivity contribution in [3.8, 4) is 12.3 Å². The molecule has 0 radical (unpaired) electrons. The molecule has 1 fully saturated rings. The molecule has 0 saturated carbocycles. The summed E-state index contributed by atoms with van der Waals surface area (Å²) in [6.07, 6.45) is 6.00. The van der Waals surface area contributed by atoms with E-state index in [0.717, 1.165) is 5.56 Å². The number of amides is 1. The summed E-state index contributed by atoms with van der Waals surface area (Å²) < 4.78 is 5.59. The third-order valence-electron chi connectivity index (χ3n) is 3.81. The quantitative estimate of drug-likeness (QED) is 0.839. The third-order valence-corrected chi connectivity index (χ3v) is 4.07. The van der Waals surface area contributed by atoms with Crippen LogP contribution in [0.15, 0.2) is 24.3 Å². The molecule has 1 aliphatic rings. The van der Waals surface area contributed by atoms with Gasteiger partial charge in [0, 0.05) is 5.02 Å². The smallest absolute Gasteiger partial charge is 0.326 e. The Bertz CT molecular complexity index is 622. The molecule has 6 heteroatoms. The van der Waals surface area contributed by atoms with Crippen molar-refractivity contribution in [2.24, 2.45) is 0 Å². The molecule has 0 bridgehead atoms. The molecule has 1 heterocycles. The van der Waals surface area contributed by atoms with E-state index in [1.165, 1.54) is 4.90 Å². The lowest BCUT2D eigenvalue weighted by atomic mass is 9.96. The lowest BCUT2D eigenvalue weighted by Crippen LogP contribution is -2.57. The molecular weight excluding hydrogens is 318 g/mol. The molecule has 0 spiro atoms. The summed E-state index contributed by atoms with van der Waals surface area (Å²) in [5.74, 6) is 1.06. The predicted molar refractivity (Wildman–Crippen MR) is 85.9 cm³/mol. The monoisotopic (exact) mass is 335 g/mol. The predicted octanol–water partition coefficient (Wildman–Crippen LogP) is 2.50. The second-order valence-corrected chi connectivity index (χ2v) is 5.77. The normalized spacial score (nSPS) is 22.5.